The zero-order chi connectivity index (χ0) is 26.9. The lowest BCUT2D eigenvalue weighted by atomic mass is 9.90. The molecular weight excluding hydrogens is 502 g/mol. The summed E-state index contributed by atoms with van der Waals surface area (Å²) in [5.74, 6) is 0.437. The van der Waals surface area contributed by atoms with Crippen molar-refractivity contribution in [2.24, 2.45) is 0 Å². The van der Waals surface area contributed by atoms with Crippen molar-refractivity contribution in [3.8, 4) is 0 Å². The first-order chi connectivity index (χ1) is 18.2. The molecule has 0 aliphatic carbocycles. The van der Waals surface area contributed by atoms with Crippen LogP contribution in [-0.2, 0) is 16.4 Å². The summed E-state index contributed by atoms with van der Waals surface area (Å²) in [4.78, 5) is 34.7. The van der Waals surface area contributed by atoms with Crippen LogP contribution in [0.3, 0.4) is 0 Å². The van der Waals surface area contributed by atoms with E-state index in [-0.39, 0.29) is 23.0 Å². The molecule has 10 heteroatoms. The number of nitrogens with one attached hydrogen (secondary N) is 2. The summed E-state index contributed by atoms with van der Waals surface area (Å²) >= 11 is 0. The molecule has 2 aromatic heterocycles. The lowest BCUT2D eigenvalue weighted by molar-refractivity contribution is 0.101. The Morgan fingerprint density at radius 2 is 1.82 bits per heavy atom. The van der Waals surface area contributed by atoms with Crippen molar-refractivity contribution in [3.63, 3.8) is 0 Å². The molecule has 38 heavy (non-hydrogen) atoms. The lowest BCUT2D eigenvalue weighted by Gasteiger charge is -2.23. The fraction of sp³-hybridized carbons (Fsp3) is 0.286. The first-order valence-electron chi connectivity index (χ1n) is 12.5. The molecule has 1 fully saturated rings. The Labute approximate surface area is 220 Å². The maximum absolute atomic E-state index is 13.4. The number of rotatable bonds is 7. The fourth-order valence-corrected chi connectivity index (χ4v) is 5.84. The van der Waals surface area contributed by atoms with E-state index in [0.717, 1.165) is 37.9 Å². The SMILES string of the molecule is CC(=O)c1cc2cnc(Nc3ccc(C4CCNCC4)cc3)nc2n(Cc2ccccc2S(C)(=O)=O)c1=O. The largest absolute Gasteiger partial charge is 0.324 e. The van der Waals surface area contributed by atoms with Crippen LogP contribution in [0.15, 0.2) is 70.5 Å². The minimum absolute atomic E-state index is 0.00727. The number of sulfone groups is 1. The second kappa shape index (κ2) is 10.5. The van der Waals surface area contributed by atoms with Gasteiger partial charge in [-0.05, 0) is 74.2 Å². The number of carbonyl (C=O) groups excluding carboxylic acids is 1. The number of aromatic nitrogens is 3. The van der Waals surface area contributed by atoms with Crippen LogP contribution in [0.2, 0.25) is 0 Å². The summed E-state index contributed by atoms with van der Waals surface area (Å²) in [6.45, 7) is 3.30. The Morgan fingerprint density at radius 1 is 1.11 bits per heavy atom. The van der Waals surface area contributed by atoms with Gasteiger partial charge in [-0.25, -0.2) is 13.4 Å². The predicted octanol–water partition coefficient (Wildman–Crippen LogP) is 3.66. The van der Waals surface area contributed by atoms with Gasteiger partial charge in [0, 0.05) is 23.5 Å². The number of carbonyl (C=O) groups is 1. The molecule has 0 spiro atoms. The van der Waals surface area contributed by atoms with Crippen LogP contribution in [0, 0.1) is 0 Å². The summed E-state index contributed by atoms with van der Waals surface area (Å²) in [6.07, 6.45) is 4.91. The number of Topliss-reactive ketones (excluding diaryl/α,β-unsaturated/α-hetero) is 1. The van der Waals surface area contributed by atoms with E-state index in [1.165, 1.54) is 29.2 Å². The van der Waals surface area contributed by atoms with E-state index >= 15 is 0 Å². The van der Waals surface area contributed by atoms with Gasteiger partial charge in [-0.1, -0.05) is 30.3 Å². The number of anilines is 2. The van der Waals surface area contributed by atoms with Crippen molar-refractivity contribution in [2.45, 2.75) is 37.1 Å². The van der Waals surface area contributed by atoms with Gasteiger partial charge in [0.25, 0.3) is 5.56 Å². The van der Waals surface area contributed by atoms with Crippen LogP contribution in [0.1, 0.15) is 47.2 Å². The summed E-state index contributed by atoms with van der Waals surface area (Å²) in [5.41, 5.74) is 2.29. The number of piperidine rings is 1. The van der Waals surface area contributed by atoms with E-state index in [1.807, 2.05) is 12.1 Å². The summed E-state index contributed by atoms with van der Waals surface area (Å²) in [6, 6.07) is 16.2. The van der Waals surface area contributed by atoms with Gasteiger partial charge in [-0.3, -0.25) is 14.2 Å². The van der Waals surface area contributed by atoms with E-state index < -0.39 is 21.2 Å². The molecule has 0 unspecified atom stereocenters. The Hall–Kier alpha value is -3.89. The standard InChI is InChI=1S/C28H29N5O4S/c1-18(34)24-15-22-16-30-28(31-23-9-7-19(8-10-23)20-11-13-29-14-12-20)32-26(22)33(27(24)35)17-21-5-3-4-6-25(21)38(2,36)37/h3-10,15-16,20,29H,11-14,17H2,1-2H3,(H,30,31,32). The molecule has 9 nitrogen and oxygen atoms in total. The third-order valence-corrected chi connectivity index (χ3v) is 8.08. The van der Waals surface area contributed by atoms with Gasteiger partial charge in [-0.15, -0.1) is 0 Å². The number of benzene rings is 2. The highest BCUT2D eigenvalue weighted by molar-refractivity contribution is 7.90. The molecule has 0 saturated carbocycles. The van der Waals surface area contributed by atoms with Crippen molar-refractivity contribution in [1.82, 2.24) is 19.9 Å². The maximum Gasteiger partial charge on any atom is 0.263 e. The molecule has 0 bridgehead atoms. The molecule has 0 amide bonds. The molecule has 196 valence electrons. The van der Waals surface area contributed by atoms with E-state index in [1.54, 1.807) is 24.4 Å². The van der Waals surface area contributed by atoms with Gasteiger partial charge in [0.1, 0.15) is 5.65 Å². The molecule has 1 aliphatic heterocycles. The summed E-state index contributed by atoms with van der Waals surface area (Å²) in [5, 5.41) is 7.08. The molecule has 0 atom stereocenters. The number of nitrogens with zero attached hydrogens (tertiary/aromatic N) is 3. The van der Waals surface area contributed by atoms with Gasteiger partial charge in [0.2, 0.25) is 5.95 Å². The van der Waals surface area contributed by atoms with Crippen LogP contribution in [0.4, 0.5) is 11.6 Å². The molecule has 1 saturated heterocycles. The molecule has 5 rings (SSSR count). The summed E-state index contributed by atoms with van der Waals surface area (Å²) in [7, 11) is -3.54. The Balaban J connectivity index is 1.53. The number of pyridine rings is 1. The second-order valence-corrected chi connectivity index (χ2v) is 11.6. The number of hydrogen-bond acceptors (Lipinski definition) is 8. The van der Waals surface area contributed by atoms with Crippen LogP contribution >= 0.6 is 0 Å². The molecule has 2 aromatic carbocycles. The van der Waals surface area contributed by atoms with Crippen molar-refractivity contribution in [1.29, 1.82) is 0 Å². The van der Waals surface area contributed by atoms with Crippen LogP contribution in [0.25, 0.3) is 11.0 Å². The van der Waals surface area contributed by atoms with E-state index in [9.17, 15) is 18.0 Å². The molecule has 0 radical (unpaired) electrons. The third-order valence-electron chi connectivity index (χ3n) is 6.88. The van der Waals surface area contributed by atoms with Gasteiger partial charge >= 0.3 is 0 Å². The van der Waals surface area contributed by atoms with Crippen molar-refractivity contribution in [2.75, 3.05) is 24.7 Å². The predicted molar refractivity (Wildman–Crippen MR) is 147 cm³/mol. The average molecular weight is 532 g/mol. The lowest BCUT2D eigenvalue weighted by Crippen LogP contribution is -2.27. The van der Waals surface area contributed by atoms with Gasteiger partial charge in [0.05, 0.1) is 17.0 Å². The highest BCUT2D eigenvalue weighted by Crippen LogP contribution is 2.27. The summed E-state index contributed by atoms with van der Waals surface area (Å²) < 4.78 is 26.1. The Morgan fingerprint density at radius 3 is 2.50 bits per heavy atom. The highest BCUT2D eigenvalue weighted by atomic mass is 32.2. The number of fused-ring (bicyclic) bond motifs is 1. The van der Waals surface area contributed by atoms with Gasteiger partial charge in [0.15, 0.2) is 15.6 Å². The zero-order valence-corrected chi connectivity index (χ0v) is 22.1. The Bertz CT molecular complexity index is 1670. The molecule has 3 heterocycles. The molecule has 2 N–H and O–H groups in total. The van der Waals surface area contributed by atoms with Crippen molar-refractivity contribution < 1.29 is 13.2 Å². The van der Waals surface area contributed by atoms with Crippen LogP contribution in [0.5, 0.6) is 0 Å². The van der Waals surface area contributed by atoms with E-state index in [2.05, 4.69) is 32.7 Å². The van der Waals surface area contributed by atoms with Gasteiger partial charge in [-0.2, -0.15) is 4.98 Å². The molecular formula is C28H29N5O4S. The minimum atomic E-state index is -3.54. The first-order valence-corrected chi connectivity index (χ1v) is 14.4. The monoisotopic (exact) mass is 531 g/mol. The molecule has 4 aromatic rings. The number of ketones is 1. The van der Waals surface area contributed by atoms with Crippen molar-refractivity contribution >= 4 is 38.3 Å². The minimum Gasteiger partial charge on any atom is -0.324 e. The van der Waals surface area contributed by atoms with E-state index in [0.29, 0.717) is 22.5 Å². The smallest absolute Gasteiger partial charge is 0.263 e. The zero-order valence-electron chi connectivity index (χ0n) is 21.3. The second-order valence-electron chi connectivity index (χ2n) is 9.63. The van der Waals surface area contributed by atoms with E-state index in [4.69, 9.17) is 0 Å². The normalized spacial score (nSPS) is 14.5. The Kier molecular flexibility index (Phi) is 7.09. The topological polar surface area (TPSA) is 123 Å². The molecule has 1 aliphatic rings. The van der Waals surface area contributed by atoms with Crippen molar-refractivity contribution in [3.05, 3.63) is 87.8 Å². The average Bonchev–Trinajstić information content (AvgIpc) is 2.91. The quantitative estimate of drug-likeness (QED) is 0.347. The number of hydrogen-bond donors (Lipinski definition) is 2. The maximum atomic E-state index is 13.4. The van der Waals surface area contributed by atoms with Crippen LogP contribution < -0.4 is 16.2 Å². The fourth-order valence-electron chi connectivity index (χ4n) is 4.91. The highest BCUT2D eigenvalue weighted by Gasteiger charge is 2.19. The first kappa shape index (κ1) is 25.7. The third kappa shape index (κ3) is 5.36. The van der Waals surface area contributed by atoms with Crippen LogP contribution in [-0.4, -0.2) is 48.1 Å². The van der Waals surface area contributed by atoms with Gasteiger partial charge < -0.3 is 10.6 Å².